The van der Waals surface area contributed by atoms with Crippen LogP contribution in [0.3, 0.4) is 0 Å². The van der Waals surface area contributed by atoms with Gasteiger partial charge in [0.2, 0.25) is 0 Å². The SMILES string of the molecule is Cc1sc(-c2ccccc2)nc1C1(CNC(=O)c2ccc(F)c(F)c2-c2ccc(C(F)(F)F)cc2)NC(=O)NC1=O. The number of imide groups is 1. The van der Waals surface area contributed by atoms with Gasteiger partial charge in [-0.25, -0.2) is 18.6 Å². The number of hydrogen-bond acceptors (Lipinski definition) is 5. The van der Waals surface area contributed by atoms with Crippen molar-refractivity contribution in [2.45, 2.75) is 18.6 Å². The van der Waals surface area contributed by atoms with Gasteiger partial charge in [0.1, 0.15) is 5.01 Å². The van der Waals surface area contributed by atoms with Gasteiger partial charge in [0.05, 0.1) is 23.4 Å². The second kappa shape index (κ2) is 10.4. The fourth-order valence-corrected chi connectivity index (χ4v) is 5.52. The van der Waals surface area contributed by atoms with Crippen molar-refractivity contribution in [1.82, 2.24) is 20.9 Å². The standard InChI is InChI=1S/C28H19F5N4O3S/c1-14-22(35-24(41-14)16-5-3-2-4-6-16)27(25(39)36-26(40)37-27)13-34-23(38)18-11-12-19(29)21(30)20(18)15-7-9-17(10-8-15)28(31,32)33/h2-12H,13H2,1H3,(H,34,38)(H2,36,37,39,40). The first-order valence-electron chi connectivity index (χ1n) is 12.0. The number of nitrogens with zero attached hydrogens (tertiary/aromatic N) is 1. The Kier molecular flexibility index (Phi) is 7.07. The first-order chi connectivity index (χ1) is 19.4. The molecule has 1 aromatic heterocycles. The van der Waals surface area contributed by atoms with E-state index in [4.69, 9.17) is 0 Å². The van der Waals surface area contributed by atoms with Crippen molar-refractivity contribution >= 4 is 29.2 Å². The van der Waals surface area contributed by atoms with Crippen LogP contribution in [0.25, 0.3) is 21.7 Å². The van der Waals surface area contributed by atoms with Crippen LogP contribution in [-0.2, 0) is 16.5 Å². The minimum absolute atomic E-state index is 0.176. The molecule has 3 aromatic carbocycles. The average molecular weight is 587 g/mol. The molecule has 1 fully saturated rings. The number of aryl methyl sites for hydroxylation is 1. The molecular formula is C28H19F5N4O3S. The van der Waals surface area contributed by atoms with Crippen molar-refractivity contribution in [3.8, 4) is 21.7 Å². The molecule has 0 bridgehead atoms. The van der Waals surface area contributed by atoms with Crippen LogP contribution < -0.4 is 16.0 Å². The summed E-state index contributed by atoms with van der Waals surface area (Å²) in [5.41, 5.74) is -3.04. The van der Waals surface area contributed by atoms with Crippen molar-refractivity contribution in [1.29, 1.82) is 0 Å². The molecule has 41 heavy (non-hydrogen) atoms. The van der Waals surface area contributed by atoms with Crippen LogP contribution in [0.4, 0.5) is 26.7 Å². The van der Waals surface area contributed by atoms with Crippen molar-refractivity contribution < 1.29 is 36.3 Å². The Morgan fingerprint density at radius 2 is 1.66 bits per heavy atom. The number of halogens is 5. The van der Waals surface area contributed by atoms with Crippen molar-refractivity contribution in [2.75, 3.05) is 6.54 Å². The zero-order valence-corrected chi connectivity index (χ0v) is 21.8. The first kappa shape index (κ1) is 27.9. The molecule has 4 aromatic rings. The normalized spacial score (nSPS) is 16.8. The zero-order chi connectivity index (χ0) is 29.5. The molecule has 13 heteroatoms. The highest BCUT2D eigenvalue weighted by Gasteiger charge is 2.51. The molecule has 0 saturated carbocycles. The Balaban J connectivity index is 1.49. The van der Waals surface area contributed by atoms with E-state index in [9.17, 15) is 36.3 Å². The van der Waals surface area contributed by atoms with Crippen molar-refractivity contribution in [3.05, 3.63) is 100 Å². The molecule has 5 rings (SSSR count). The lowest BCUT2D eigenvalue weighted by Gasteiger charge is -2.25. The Hall–Kier alpha value is -4.65. The zero-order valence-electron chi connectivity index (χ0n) is 21.0. The van der Waals surface area contributed by atoms with Gasteiger partial charge in [-0.1, -0.05) is 42.5 Å². The van der Waals surface area contributed by atoms with Crippen molar-refractivity contribution in [3.63, 3.8) is 0 Å². The monoisotopic (exact) mass is 586 g/mol. The molecule has 7 nitrogen and oxygen atoms in total. The van der Waals surface area contributed by atoms with Gasteiger partial charge in [-0.05, 0) is 36.8 Å². The summed E-state index contributed by atoms with van der Waals surface area (Å²) in [4.78, 5) is 43.8. The number of benzene rings is 3. The third kappa shape index (κ3) is 5.15. The molecule has 1 unspecified atom stereocenters. The first-order valence-corrected chi connectivity index (χ1v) is 12.8. The lowest BCUT2D eigenvalue weighted by atomic mass is 9.93. The van der Waals surface area contributed by atoms with Crippen LogP contribution in [0.5, 0.6) is 0 Å². The van der Waals surface area contributed by atoms with Gasteiger partial charge in [0.25, 0.3) is 11.8 Å². The molecule has 0 aliphatic carbocycles. The molecule has 1 atom stereocenters. The molecule has 3 N–H and O–H groups in total. The smallest absolute Gasteiger partial charge is 0.349 e. The van der Waals surface area contributed by atoms with Gasteiger partial charge >= 0.3 is 12.2 Å². The van der Waals surface area contributed by atoms with Crippen LogP contribution >= 0.6 is 11.3 Å². The van der Waals surface area contributed by atoms with Crippen molar-refractivity contribution in [2.24, 2.45) is 0 Å². The lowest BCUT2D eigenvalue weighted by molar-refractivity contribution is -0.137. The minimum atomic E-state index is -4.66. The van der Waals surface area contributed by atoms with Crippen LogP contribution in [0.1, 0.15) is 26.5 Å². The molecule has 1 aliphatic heterocycles. The molecule has 0 spiro atoms. The molecule has 210 valence electrons. The van der Waals surface area contributed by atoms with E-state index in [1.807, 2.05) is 30.3 Å². The number of rotatable bonds is 6. The number of alkyl halides is 3. The number of thiazole rings is 1. The summed E-state index contributed by atoms with van der Waals surface area (Å²) in [6, 6.07) is 13.1. The summed E-state index contributed by atoms with van der Waals surface area (Å²) in [5.74, 6) is -4.52. The Labute approximate surface area is 233 Å². The van der Waals surface area contributed by atoms with Gasteiger partial charge in [0, 0.05) is 16.0 Å². The highest BCUT2D eigenvalue weighted by molar-refractivity contribution is 7.15. The fraction of sp³-hybridized carbons (Fsp3) is 0.143. The number of amides is 4. The minimum Gasteiger partial charge on any atom is -0.349 e. The van der Waals surface area contributed by atoms with Crippen LogP contribution in [-0.4, -0.2) is 29.4 Å². The van der Waals surface area contributed by atoms with E-state index in [1.165, 1.54) is 11.3 Å². The topological polar surface area (TPSA) is 100 Å². The summed E-state index contributed by atoms with van der Waals surface area (Å²) in [6.07, 6.45) is -4.66. The maximum absolute atomic E-state index is 14.9. The third-order valence-electron chi connectivity index (χ3n) is 6.52. The van der Waals surface area contributed by atoms with Gasteiger partial charge in [-0.15, -0.1) is 11.3 Å². The van der Waals surface area contributed by atoms with Gasteiger partial charge < -0.3 is 10.6 Å². The highest BCUT2D eigenvalue weighted by atomic mass is 32.1. The van der Waals surface area contributed by atoms with E-state index in [-0.39, 0.29) is 11.3 Å². The molecule has 2 heterocycles. The number of nitrogens with one attached hydrogen (secondary N) is 3. The number of carbonyl (C=O) groups is 3. The highest BCUT2D eigenvalue weighted by Crippen LogP contribution is 2.36. The van der Waals surface area contributed by atoms with E-state index < -0.39 is 64.4 Å². The Morgan fingerprint density at radius 3 is 2.27 bits per heavy atom. The number of carbonyl (C=O) groups excluding carboxylic acids is 3. The molecule has 0 radical (unpaired) electrons. The predicted molar refractivity (Wildman–Crippen MR) is 140 cm³/mol. The Bertz CT molecular complexity index is 1670. The van der Waals surface area contributed by atoms with Gasteiger partial charge in [-0.3, -0.25) is 14.9 Å². The average Bonchev–Trinajstić information content (AvgIpc) is 3.47. The quantitative estimate of drug-likeness (QED) is 0.204. The number of hydrogen-bond donors (Lipinski definition) is 3. The van der Waals surface area contributed by atoms with E-state index in [1.54, 1.807) is 6.92 Å². The molecule has 4 amide bonds. The van der Waals surface area contributed by atoms with E-state index >= 15 is 0 Å². The maximum atomic E-state index is 14.9. The fourth-order valence-electron chi connectivity index (χ4n) is 4.52. The summed E-state index contributed by atoms with van der Waals surface area (Å²) < 4.78 is 68.2. The number of urea groups is 1. The van der Waals surface area contributed by atoms with Gasteiger partial charge in [0.15, 0.2) is 17.2 Å². The number of aromatic nitrogens is 1. The van der Waals surface area contributed by atoms with E-state index in [2.05, 4.69) is 20.9 Å². The van der Waals surface area contributed by atoms with E-state index in [0.717, 1.165) is 23.8 Å². The summed E-state index contributed by atoms with van der Waals surface area (Å²) in [5, 5.41) is 7.70. The van der Waals surface area contributed by atoms with Gasteiger partial charge in [-0.2, -0.15) is 13.2 Å². The second-order valence-corrected chi connectivity index (χ2v) is 10.3. The molecular weight excluding hydrogens is 567 g/mol. The third-order valence-corrected chi connectivity index (χ3v) is 7.54. The maximum Gasteiger partial charge on any atom is 0.416 e. The van der Waals surface area contributed by atoms with Crippen LogP contribution in [0.15, 0.2) is 66.7 Å². The van der Waals surface area contributed by atoms with Crippen LogP contribution in [0, 0.1) is 18.6 Å². The summed E-state index contributed by atoms with van der Waals surface area (Å²) in [6.45, 7) is 1.17. The lowest BCUT2D eigenvalue weighted by Crippen LogP contribution is -2.53. The van der Waals surface area contributed by atoms with E-state index in [0.29, 0.717) is 28.1 Å². The second-order valence-electron chi connectivity index (χ2n) is 9.15. The summed E-state index contributed by atoms with van der Waals surface area (Å²) >= 11 is 1.27. The Morgan fingerprint density at radius 1 is 0.976 bits per heavy atom. The summed E-state index contributed by atoms with van der Waals surface area (Å²) in [7, 11) is 0. The molecule has 1 aliphatic rings. The predicted octanol–water partition coefficient (Wildman–Crippen LogP) is 5.55. The largest absolute Gasteiger partial charge is 0.416 e. The van der Waals surface area contributed by atoms with Crippen LogP contribution in [0.2, 0.25) is 0 Å². The molecule has 1 saturated heterocycles.